The van der Waals surface area contributed by atoms with Crippen LogP contribution in [0, 0.1) is 5.92 Å². The van der Waals surface area contributed by atoms with Crippen molar-refractivity contribution in [1.29, 1.82) is 0 Å². The van der Waals surface area contributed by atoms with Gasteiger partial charge in [0.15, 0.2) is 0 Å². The van der Waals surface area contributed by atoms with E-state index < -0.39 is 0 Å². The zero-order valence-electron chi connectivity index (χ0n) is 11.0. The number of aromatic nitrogens is 2. The van der Waals surface area contributed by atoms with Gasteiger partial charge in [-0.1, -0.05) is 18.2 Å². The summed E-state index contributed by atoms with van der Waals surface area (Å²) in [4.78, 5) is 18.6. The number of hydrogen-bond donors (Lipinski definition) is 0. The summed E-state index contributed by atoms with van der Waals surface area (Å²) in [5, 5.41) is 0. The quantitative estimate of drug-likeness (QED) is 0.824. The highest BCUT2D eigenvalue weighted by Gasteiger charge is 2.27. The third-order valence-corrected chi connectivity index (χ3v) is 3.77. The number of benzene rings is 1. The SMILES string of the molecule is CN(C(=O)[C@@H]1CCn2ccnc2C1)c1ccccc1. The molecule has 0 fully saturated rings. The van der Waals surface area contributed by atoms with E-state index in [1.165, 1.54) is 0 Å². The largest absolute Gasteiger partial charge is 0.335 e. The number of carbonyl (C=O) groups is 1. The summed E-state index contributed by atoms with van der Waals surface area (Å²) in [5.41, 5.74) is 0.946. The van der Waals surface area contributed by atoms with Gasteiger partial charge in [0.1, 0.15) is 5.82 Å². The van der Waals surface area contributed by atoms with Crippen LogP contribution < -0.4 is 4.90 Å². The lowest BCUT2D eigenvalue weighted by Gasteiger charge is -2.27. The normalized spacial score (nSPS) is 17.8. The lowest BCUT2D eigenvalue weighted by Crippen LogP contribution is -2.36. The molecule has 0 spiro atoms. The first-order valence-corrected chi connectivity index (χ1v) is 6.58. The maximum atomic E-state index is 12.5. The highest BCUT2D eigenvalue weighted by Crippen LogP contribution is 2.23. The number of amides is 1. The topological polar surface area (TPSA) is 38.1 Å². The number of rotatable bonds is 2. The summed E-state index contributed by atoms with van der Waals surface area (Å²) >= 11 is 0. The van der Waals surface area contributed by atoms with E-state index in [2.05, 4.69) is 9.55 Å². The van der Waals surface area contributed by atoms with Crippen LogP contribution in [-0.4, -0.2) is 22.5 Å². The highest BCUT2D eigenvalue weighted by atomic mass is 16.2. The summed E-state index contributed by atoms with van der Waals surface area (Å²) in [6, 6.07) is 9.78. The Morgan fingerprint density at radius 3 is 2.95 bits per heavy atom. The van der Waals surface area contributed by atoms with Crippen molar-refractivity contribution in [3.8, 4) is 0 Å². The Kier molecular flexibility index (Phi) is 3.07. The third kappa shape index (κ3) is 2.26. The van der Waals surface area contributed by atoms with E-state index in [0.717, 1.165) is 30.9 Å². The van der Waals surface area contributed by atoms with E-state index in [0.29, 0.717) is 0 Å². The second kappa shape index (κ2) is 4.88. The number of imidazole rings is 1. The molecule has 2 heterocycles. The van der Waals surface area contributed by atoms with Gasteiger partial charge in [0, 0.05) is 44.0 Å². The van der Waals surface area contributed by atoms with Crippen LogP contribution >= 0.6 is 0 Å². The zero-order valence-corrected chi connectivity index (χ0v) is 11.0. The van der Waals surface area contributed by atoms with Crippen molar-refractivity contribution in [2.24, 2.45) is 5.92 Å². The van der Waals surface area contributed by atoms with Gasteiger partial charge < -0.3 is 9.47 Å². The van der Waals surface area contributed by atoms with Gasteiger partial charge in [0.25, 0.3) is 0 Å². The van der Waals surface area contributed by atoms with Crippen LogP contribution in [0.1, 0.15) is 12.2 Å². The van der Waals surface area contributed by atoms with E-state index in [1.807, 2.05) is 49.8 Å². The molecule has 4 nitrogen and oxygen atoms in total. The molecule has 98 valence electrons. The molecule has 1 atom stereocenters. The number of fused-ring (bicyclic) bond motifs is 1. The lowest BCUT2D eigenvalue weighted by atomic mass is 9.96. The van der Waals surface area contributed by atoms with Gasteiger partial charge in [-0.3, -0.25) is 4.79 Å². The van der Waals surface area contributed by atoms with Crippen molar-refractivity contribution in [3.05, 3.63) is 48.5 Å². The van der Waals surface area contributed by atoms with Gasteiger partial charge in [-0.05, 0) is 18.6 Å². The predicted octanol–water partition coefficient (Wildman–Crippen LogP) is 2.11. The minimum Gasteiger partial charge on any atom is -0.335 e. The van der Waals surface area contributed by atoms with Gasteiger partial charge in [0.05, 0.1) is 0 Å². The molecule has 4 heteroatoms. The molecular weight excluding hydrogens is 238 g/mol. The van der Waals surface area contributed by atoms with Crippen LogP contribution in [0.25, 0.3) is 0 Å². The third-order valence-electron chi connectivity index (χ3n) is 3.77. The van der Waals surface area contributed by atoms with E-state index >= 15 is 0 Å². The summed E-state index contributed by atoms with van der Waals surface area (Å²) < 4.78 is 2.13. The average molecular weight is 255 g/mol. The number of carbonyl (C=O) groups excluding carboxylic acids is 1. The molecule has 0 saturated carbocycles. The van der Waals surface area contributed by atoms with Gasteiger partial charge in [-0.25, -0.2) is 4.98 Å². The average Bonchev–Trinajstić information content (AvgIpc) is 2.94. The molecule has 1 aliphatic heterocycles. The molecule has 0 radical (unpaired) electrons. The molecule has 2 aromatic rings. The molecule has 19 heavy (non-hydrogen) atoms. The predicted molar refractivity (Wildman–Crippen MR) is 73.9 cm³/mol. The Bertz CT molecular complexity index is 576. The van der Waals surface area contributed by atoms with Gasteiger partial charge in [-0.15, -0.1) is 0 Å². The molecular formula is C15H17N3O. The monoisotopic (exact) mass is 255 g/mol. The summed E-state index contributed by atoms with van der Waals surface area (Å²) in [6.07, 6.45) is 5.42. The van der Waals surface area contributed by atoms with Crippen LogP contribution in [0.3, 0.4) is 0 Å². The molecule has 0 N–H and O–H groups in total. The van der Waals surface area contributed by atoms with Gasteiger partial charge >= 0.3 is 0 Å². The fourth-order valence-corrected chi connectivity index (χ4v) is 2.61. The van der Waals surface area contributed by atoms with E-state index in [4.69, 9.17) is 0 Å². The van der Waals surface area contributed by atoms with Gasteiger partial charge in [-0.2, -0.15) is 0 Å². The minimum atomic E-state index is 0.0418. The lowest BCUT2D eigenvalue weighted by molar-refractivity contribution is -0.122. The Balaban J connectivity index is 1.75. The fraction of sp³-hybridized carbons (Fsp3) is 0.333. The van der Waals surface area contributed by atoms with Crippen molar-refractivity contribution >= 4 is 11.6 Å². The molecule has 1 aromatic heterocycles. The maximum Gasteiger partial charge on any atom is 0.230 e. The summed E-state index contributed by atoms with van der Waals surface area (Å²) in [5.74, 6) is 1.24. The van der Waals surface area contributed by atoms with Crippen LogP contribution in [-0.2, 0) is 17.8 Å². The molecule has 1 aliphatic rings. The second-order valence-electron chi connectivity index (χ2n) is 4.96. The van der Waals surface area contributed by atoms with Crippen LogP contribution in [0.15, 0.2) is 42.7 Å². The molecule has 0 saturated heterocycles. The molecule has 3 rings (SSSR count). The minimum absolute atomic E-state index is 0.0418. The second-order valence-corrected chi connectivity index (χ2v) is 4.96. The van der Waals surface area contributed by atoms with Gasteiger partial charge in [0.2, 0.25) is 5.91 Å². The van der Waals surface area contributed by atoms with E-state index in [-0.39, 0.29) is 11.8 Å². The molecule has 0 aliphatic carbocycles. The van der Waals surface area contributed by atoms with Crippen molar-refractivity contribution < 1.29 is 4.79 Å². The molecule has 1 aromatic carbocycles. The van der Waals surface area contributed by atoms with E-state index in [1.54, 1.807) is 4.90 Å². The van der Waals surface area contributed by atoms with Crippen LogP contribution in [0.2, 0.25) is 0 Å². The standard InChI is InChI=1S/C15H17N3O/c1-17(13-5-3-2-4-6-13)15(19)12-7-9-18-10-8-16-14(18)11-12/h2-6,8,10,12H,7,9,11H2,1H3/t12-/m1/s1. The van der Waals surface area contributed by atoms with Crippen molar-refractivity contribution in [1.82, 2.24) is 9.55 Å². The highest BCUT2D eigenvalue weighted by molar-refractivity contribution is 5.94. The first-order valence-electron chi connectivity index (χ1n) is 6.58. The number of anilines is 1. The summed E-state index contributed by atoms with van der Waals surface area (Å²) in [6.45, 7) is 0.883. The molecule has 1 amide bonds. The Hall–Kier alpha value is -2.10. The molecule has 0 unspecified atom stereocenters. The first-order chi connectivity index (χ1) is 9.25. The smallest absolute Gasteiger partial charge is 0.230 e. The van der Waals surface area contributed by atoms with Crippen molar-refractivity contribution in [2.45, 2.75) is 19.4 Å². The fourth-order valence-electron chi connectivity index (χ4n) is 2.61. The van der Waals surface area contributed by atoms with Crippen LogP contribution in [0.4, 0.5) is 5.69 Å². The zero-order chi connectivity index (χ0) is 13.2. The van der Waals surface area contributed by atoms with E-state index in [9.17, 15) is 4.79 Å². The number of aryl methyl sites for hydroxylation is 1. The first kappa shape index (κ1) is 12.0. The number of para-hydroxylation sites is 1. The number of nitrogens with zero attached hydrogens (tertiary/aromatic N) is 3. The number of hydrogen-bond acceptors (Lipinski definition) is 2. The van der Waals surface area contributed by atoms with Crippen LogP contribution in [0.5, 0.6) is 0 Å². The Morgan fingerprint density at radius 2 is 2.16 bits per heavy atom. The Morgan fingerprint density at radius 1 is 1.37 bits per heavy atom. The summed E-state index contributed by atoms with van der Waals surface area (Å²) in [7, 11) is 1.85. The van der Waals surface area contributed by atoms with Crippen molar-refractivity contribution in [3.63, 3.8) is 0 Å². The maximum absolute atomic E-state index is 12.5. The Labute approximate surface area is 112 Å². The molecule has 0 bridgehead atoms. The van der Waals surface area contributed by atoms with Crippen molar-refractivity contribution in [2.75, 3.05) is 11.9 Å².